The zero-order valence-electron chi connectivity index (χ0n) is 25.4. The van der Waals surface area contributed by atoms with Crippen molar-refractivity contribution in [2.24, 2.45) is 0 Å². The van der Waals surface area contributed by atoms with Crippen LogP contribution in [0.4, 0.5) is 16.2 Å². The molecule has 0 fully saturated rings. The molecule has 45 heavy (non-hydrogen) atoms. The summed E-state index contributed by atoms with van der Waals surface area (Å²) in [4.78, 5) is 22.0. The molecule has 2 heterocycles. The minimum absolute atomic E-state index is 0.356. The molecule has 0 aliphatic heterocycles. The number of nitrogens with one attached hydrogen (secondary N) is 2. The Balaban J connectivity index is 1.34. The van der Waals surface area contributed by atoms with Crippen LogP contribution in [-0.4, -0.2) is 34.8 Å². The van der Waals surface area contributed by atoms with Crippen LogP contribution in [0.1, 0.15) is 18.2 Å². The first-order chi connectivity index (χ1) is 21.9. The monoisotopic (exact) mass is 617 g/mol. The summed E-state index contributed by atoms with van der Waals surface area (Å²) < 4.78 is 12.8. The van der Waals surface area contributed by atoms with Gasteiger partial charge < -0.3 is 24.7 Å². The molecule has 2 aromatic heterocycles. The third-order valence-corrected chi connectivity index (χ3v) is 7.96. The average Bonchev–Trinajstić information content (AvgIpc) is 3.44. The molecular formula is C36H32ClN5O3. The number of nitrogens with zero attached hydrogens (tertiary/aromatic N) is 3. The smallest absolute Gasteiger partial charge is 0.323 e. The third kappa shape index (κ3) is 6.18. The Morgan fingerprint density at radius 3 is 2.36 bits per heavy atom. The number of aromatic nitrogens is 3. The number of aryl methyl sites for hydroxylation is 2. The molecule has 0 bridgehead atoms. The molecule has 0 radical (unpaired) electrons. The summed E-state index contributed by atoms with van der Waals surface area (Å²) in [5.74, 6) is 1.69. The molecule has 2 amide bonds. The van der Waals surface area contributed by atoms with E-state index in [9.17, 15) is 4.79 Å². The summed E-state index contributed by atoms with van der Waals surface area (Å²) in [7, 11) is 3.03. The second-order valence-corrected chi connectivity index (χ2v) is 11.0. The number of amides is 2. The Labute approximate surface area is 266 Å². The normalized spacial score (nSPS) is 11.0. The molecule has 0 aliphatic rings. The highest BCUT2D eigenvalue weighted by atomic mass is 35.5. The summed E-state index contributed by atoms with van der Waals surface area (Å²) in [6.07, 6.45) is 4.57. The fourth-order valence-corrected chi connectivity index (χ4v) is 5.53. The molecule has 226 valence electrons. The molecule has 0 aliphatic carbocycles. The van der Waals surface area contributed by atoms with Gasteiger partial charge in [0, 0.05) is 40.7 Å². The number of urea groups is 1. The van der Waals surface area contributed by atoms with Gasteiger partial charge in [-0.3, -0.25) is 0 Å². The quantitative estimate of drug-likeness (QED) is 0.178. The molecule has 2 N–H and O–H groups in total. The van der Waals surface area contributed by atoms with E-state index >= 15 is 0 Å². The van der Waals surface area contributed by atoms with E-state index < -0.39 is 6.03 Å². The maximum Gasteiger partial charge on any atom is 0.323 e. The zero-order valence-corrected chi connectivity index (χ0v) is 26.1. The summed E-state index contributed by atoms with van der Waals surface area (Å²) in [6, 6.07) is 27.5. The van der Waals surface area contributed by atoms with E-state index in [1.807, 2.05) is 30.3 Å². The Kier molecular flexibility index (Phi) is 8.40. The van der Waals surface area contributed by atoms with Crippen molar-refractivity contribution in [1.29, 1.82) is 0 Å². The second kappa shape index (κ2) is 12.7. The maximum atomic E-state index is 13.0. The first kappa shape index (κ1) is 29.7. The number of ether oxygens (including phenoxy) is 2. The number of hydrogen-bond donors (Lipinski definition) is 2. The molecule has 0 saturated heterocycles. The number of halogens is 1. The predicted octanol–water partition coefficient (Wildman–Crippen LogP) is 8.94. The topological polar surface area (TPSA) is 90.3 Å². The van der Waals surface area contributed by atoms with E-state index in [1.54, 1.807) is 18.5 Å². The van der Waals surface area contributed by atoms with Crippen LogP contribution in [0, 0.1) is 6.92 Å². The molecule has 6 rings (SSSR count). The highest BCUT2D eigenvalue weighted by Crippen LogP contribution is 2.37. The molecule has 0 unspecified atom stereocenters. The van der Waals surface area contributed by atoms with Gasteiger partial charge in [-0.15, -0.1) is 0 Å². The third-order valence-electron chi connectivity index (χ3n) is 7.66. The van der Waals surface area contributed by atoms with Gasteiger partial charge in [-0.05, 0) is 54.3 Å². The number of anilines is 2. The summed E-state index contributed by atoms with van der Waals surface area (Å²) >= 11 is 6.28. The number of rotatable bonds is 8. The number of carbonyl (C=O) groups excluding carboxylic acids is 1. The van der Waals surface area contributed by atoms with Crippen molar-refractivity contribution in [3.05, 3.63) is 114 Å². The molecule has 9 heteroatoms. The maximum absolute atomic E-state index is 13.0. The number of carbonyl (C=O) groups is 1. The van der Waals surface area contributed by atoms with Crippen molar-refractivity contribution >= 4 is 39.9 Å². The van der Waals surface area contributed by atoms with Crippen molar-refractivity contribution in [2.45, 2.75) is 20.3 Å². The van der Waals surface area contributed by atoms with Gasteiger partial charge >= 0.3 is 6.03 Å². The fourth-order valence-electron chi connectivity index (χ4n) is 5.29. The van der Waals surface area contributed by atoms with Crippen LogP contribution in [0.25, 0.3) is 39.0 Å². The van der Waals surface area contributed by atoms with Gasteiger partial charge in [-0.25, -0.2) is 14.8 Å². The van der Waals surface area contributed by atoms with E-state index in [4.69, 9.17) is 21.1 Å². The van der Waals surface area contributed by atoms with Crippen molar-refractivity contribution < 1.29 is 14.3 Å². The van der Waals surface area contributed by atoms with Gasteiger partial charge in [0.2, 0.25) is 0 Å². The van der Waals surface area contributed by atoms with Gasteiger partial charge in [0.1, 0.15) is 23.6 Å². The highest BCUT2D eigenvalue weighted by Gasteiger charge is 2.16. The standard InChI is InChI=1S/C36H32ClN5O3/c1-5-26-17-35(39-21-38-26)42-20-29(23-11-9-22(2)10-12-23)28-14-13-25(16-32(28)42)24-7-6-8-27(15-24)40-36(43)41-31-18-30(37)33(44-3)19-34(31)45-4/h6-21H,5H2,1-4H3,(H2,40,41,43). The van der Waals surface area contributed by atoms with Crippen LogP contribution in [-0.2, 0) is 6.42 Å². The van der Waals surface area contributed by atoms with Crippen LogP contribution in [0.2, 0.25) is 5.02 Å². The first-order valence-corrected chi connectivity index (χ1v) is 14.9. The van der Waals surface area contributed by atoms with Gasteiger partial charge in [-0.1, -0.05) is 72.6 Å². The van der Waals surface area contributed by atoms with Crippen LogP contribution in [0.5, 0.6) is 11.5 Å². The van der Waals surface area contributed by atoms with Crippen LogP contribution < -0.4 is 20.1 Å². The largest absolute Gasteiger partial charge is 0.495 e. The van der Waals surface area contributed by atoms with Gasteiger partial charge in [0.05, 0.1) is 30.4 Å². The Hall–Kier alpha value is -5.34. The van der Waals surface area contributed by atoms with Crippen molar-refractivity contribution in [1.82, 2.24) is 14.5 Å². The molecule has 0 atom stereocenters. The molecule has 0 spiro atoms. The lowest BCUT2D eigenvalue weighted by atomic mass is 10.00. The lowest BCUT2D eigenvalue weighted by Gasteiger charge is -2.14. The van der Waals surface area contributed by atoms with Crippen LogP contribution in [0.3, 0.4) is 0 Å². The average molecular weight is 618 g/mol. The zero-order chi connectivity index (χ0) is 31.5. The molecule has 4 aromatic carbocycles. The van der Waals surface area contributed by atoms with E-state index in [1.165, 1.54) is 19.8 Å². The predicted molar refractivity (Wildman–Crippen MR) is 181 cm³/mol. The summed E-state index contributed by atoms with van der Waals surface area (Å²) in [5, 5.41) is 7.19. The minimum Gasteiger partial charge on any atom is -0.495 e. The molecule has 6 aromatic rings. The van der Waals surface area contributed by atoms with Gasteiger partial charge in [-0.2, -0.15) is 0 Å². The number of benzene rings is 4. The molecule has 0 saturated carbocycles. The lowest BCUT2D eigenvalue weighted by molar-refractivity contribution is 0.262. The summed E-state index contributed by atoms with van der Waals surface area (Å²) in [5.41, 5.74) is 8.44. The fraction of sp³-hybridized carbons (Fsp3) is 0.139. The van der Waals surface area contributed by atoms with E-state index in [0.717, 1.165) is 51.1 Å². The van der Waals surface area contributed by atoms with Crippen molar-refractivity contribution in [2.75, 3.05) is 24.9 Å². The number of fused-ring (bicyclic) bond motifs is 1. The number of hydrogen-bond acceptors (Lipinski definition) is 5. The first-order valence-electron chi connectivity index (χ1n) is 14.5. The Morgan fingerprint density at radius 1 is 0.844 bits per heavy atom. The van der Waals surface area contributed by atoms with Gasteiger partial charge in [0.15, 0.2) is 0 Å². The minimum atomic E-state index is -0.436. The van der Waals surface area contributed by atoms with Crippen molar-refractivity contribution in [3.63, 3.8) is 0 Å². The highest BCUT2D eigenvalue weighted by molar-refractivity contribution is 6.32. The molecular weight excluding hydrogens is 586 g/mol. The number of methoxy groups -OCH3 is 2. The van der Waals surface area contributed by atoms with Crippen molar-refractivity contribution in [3.8, 4) is 39.6 Å². The van der Waals surface area contributed by atoms with Gasteiger partial charge in [0.25, 0.3) is 0 Å². The summed E-state index contributed by atoms with van der Waals surface area (Å²) in [6.45, 7) is 4.17. The lowest BCUT2D eigenvalue weighted by Crippen LogP contribution is -2.19. The Morgan fingerprint density at radius 2 is 1.60 bits per heavy atom. The molecule has 8 nitrogen and oxygen atoms in total. The van der Waals surface area contributed by atoms with E-state index in [0.29, 0.717) is 27.9 Å². The van der Waals surface area contributed by atoms with Crippen LogP contribution >= 0.6 is 11.6 Å². The SMILES string of the molecule is CCc1cc(-n2cc(-c3ccc(C)cc3)c3ccc(-c4cccc(NC(=O)Nc5cc(Cl)c(OC)cc5OC)c4)cc32)ncn1. The van der Waals surface area contributed by atoms with E-state index in [-0.39, 0.29) is 0 Å². The second-order valence-electron chi connectivity index (χ2n) is 10.6. The van der Waals surface area contributed by atoms with E-state index in [2.05, 4.69) is 87.7 Å². The Bertz CT molecular complexity index is 2020. The van der Waals surface area contributed by atoms with Crippen LogP contribution in [0.15, 0.2) is 97.5 Å².